The smallest absolute Gasteiger partial charge is 0.134 e. The van der Waals surface area contributed by atoms with Gasteiger partial charge in [0.1, 0.15) is 17.3 Å². The lowest BCUT2D eigenvalue weighted by Gasteiger charge is -2.13. The van der Waals surface area contributed by atoms with Gasteiger partial charge in [0.15, 0.2) is 0 Å². The minimum absolute atomic E-state index is 0.0413. The fourth-order valence-corrected chi connectivity index (χ4v) is 1.66. The maximum Gasteiger partial charge on any atom is 0.134 e. The van der Waals surface area contributed by atoms with Crippen molar-refractivity contribution in [2.75, 3.05) is 7.11 Å². The monoisotopic (exact) mass is 224 g/mol. The first-order valence-corrected chi connectivity index (χ1v) is 5.31. The second kappa shape index (κ2) is 5.10. The number of hydrogen-bond acceptors (Lipinski definition) is 2. The first-order valence-electron chi connectivity index (χ1n) is 5.31. The van der Waals surface area contributed by atoms with Gasteiger partial charge in [0.2, 0.25) is 0 Å². The molecule has 0 aliphatic rings. The van der Waals surface area contributed by atoms with Crippen molar-refractivity contribution >= 4 is 5.78 Å². The van der Waals surface area contributed by atoms with Gasteiger partial charge in [-0.2, -0.15) is 0 Å². The van der Waals surface area contributed by atoms with E-state index in [2.05, 4.69) is 0 Å². The summed E-state index contributed by atoms with van der Waals surface area (Å²) >= 11 is 0. The van der Waals surface area contributed by atoms with Gasteiger partial charge in [-0.1, -0.05) is 13.8 Å². The largest absolute Gasteiger partial charge is 0.496 e. The Labute approximate surface area is 95.4 Å². The summed E-state index contributed by atoms with van der Waals surface area (Å²) in [5.74, 6) is 0.299. The van der Waals surface area contributed by atoms with Crippen LogP contribution in [-0.4, -0.2) is 12.9 Å². The highest BCUT2D eigenvalue weighted by atomic mass is 19.1. The van der Waals surface area contributed by atoms with Crippen LogP contribution < -0.4 is 4.74 Å². The summed E-state index contributed by atoms with van der Waals surface area (Å²) in [6.45, 7) is 5.35. The summed E-state index contributed by atoms with van der Waals surface area (Å²) in [5, 5.41) is 0. The van der Waals surface area contributed by atoms with Gasteiger partial charge in [0, 0.05) is 18.1 Å². The van der Waals surface area contributed by atoms with Crippen LogP contribution in [0.15, 0.2) is 12.1 Å². The van der Waals surface area contributed by atoms with Crippen molar-refractivity contribution in [1.82, 2.24) is 0 Å². The predicted molar refractivity (Wildman–Crippen MR) is 61.4 cm³/mol. The van der Waals surface area contributed by atoms with E-state index < -0.39 is 0 Å². The van der Waals surface area contributed by atoms with Gasteiger partial charge in [-0.3, -0.25) is 4.79 Å². The Hall–Kier alpha value is -1.38. The zero-order chi connectivity index (χ0) is 12.3. The molecule has 0 aliphatic carbocycles. The molecule has 0 radical (unpaired) electrons. The van der Waals surface area contributed by atoms with E-state index in [1.165, 1.54) is 20.1 Å². The molecule has 0 saturated carbocycles. The minimum Gasteiger partial charge on any atom is -0.496 e. The molecule has 0 spiro atoms. The maximum atomic E-state index is 13.6. The third-order valence-corrected chi connectivity index (χ3v) is 2.46. The van der Waals surface area contributed by atoms with E-state index in [0.29, 0.717) is 11.3 Å². The lowest BCUT2D eigenvalue weighted by Crippen LogP contribution is -2.03. The Balaban J connectivity index is 3.22. The van der Waals surface area contributed by atoms with E-state index in [1.54, 1.807) is 6.07 Å². The number of Topliss-reactive ketones (excluding diaryl/α,β-unsaturated/α-hetero) is 1. The fraction of sp³-hybridized carbons (Fsp3) is 0.462. The van der Waals surface area contributed by atoms with E-state index >= 15 is 0 Å². The van der Waals surface area contributed by atoms with Crippen molar-refractivity contribution in [2.45, 2.75) is 33.1 Å². The number of hydrogen-bond donors (Lipinski definition) is 0. The van der Waals surface area contributed by atoms with Crippen LogP contribution in [0.25, 0.3) is 0 Å². The van der Waals surface area contributed by atoms with Crippen molar-refractivity contribution in [3.8, 4) is 5.75 Å². The van der Waals surface area contributed by atoms with Gasteiger partial charge in [-0.05, 0) is 24.5 Å². The van der Waals surface area contributed by atoms with Crippen molar-refractivity contribution in [2.24, 2.45) is 0 Å². The summed E-state index contributed by atoms with van der Waals surface area (Å²) in [7, 11) is 1.48. The quantitative estimate of drug-likeness (QED) is 0.785. The van der Waals surface area contributed by atoms with Gasteiger partial charge in [-0.15, -0.1) is 0 Å². The van der Waals surface area contributed by atoms with Crippen molar-refractivity contribution in [3.63, 3.8) is 0 Å². The van der Waals surface area contributed by atoms with Crippen LogP contribution in [0.1, 0.15) is 37.8 Å². The number of ether oxygens (including phenoxy) is 1. The summed E-state index contributed by atoms with van der Waals surface area (Å²) in [4.78, 5) is 11.1. The molecule has 1 aromatic rings. The highest BCUT2D eigenvalue weighted by molar-refractivity contribution is 5.79. The third kappa shape index (κ3) is 2.81. The van der Waals surface area contributed by atoms with E-state index in [4.69, 9.17) is 4.74 Å². The molecule has 16 heavy (non-hydrogen) atoms. The second-order valence-electron chi connectivity index (χ2n) is 4.22. The molecular formula is C13H17FO2. The molecule has 1 rings (SSSR count). The van der Waals surface area contributed by atoms with Gasteiger partial charge in [-0.25, -0.2) is 4.39 Å². The van der Waals surface area contributed by atoms with Gasteiger partial charge >= 0.3 is 0 Å². The highest BCUT2D eigenvalue weighted by Gasteiger charge is 2.13. The van der Waals surface area contributed by atoms with Crippen LogP contribution in [0.3, 0.4) is 0 Å². The molecule has 88 valence electrons. The van der Waals surface area contributed by atoms with Gasteiger partial charge in [0.05, 0.1) is 7.11 Å². The number of methoxy groups -OCH3 is 1. The van der Waals surface area contributed by atoms with Crippen molar-refractivity contribution in [3.05, 3.63) is 29.1 Å². The predicted octanol–water partition coefficient (Wildman–Crippen LogP) is 3.09. The molecule has 0 aromatic heterocycles. The average Bonchev–Trinajstić information content (AvgIpc) is 2.18. The van der Waals surface area contributed by atoms with Crippen LogP contribution >= 0.6 is 0 Å². The Morgan fingerprint density at radius 1 is 1.44 bits per heavy atom. The first kappa shape index (κ1) is 12.7. The normalized spacial score (nSPS) is 10.6. The summed E-state index contributed by atoms with van der Waals surface area (Å²) in [6.07, 6.45) is 0.281. The van der Waals surface area contributed by atoms with Crippen molar-refractivity contribution < 1.29 is 13.9 Å². The molecular weight excluding hydrogens is 207 g/mol. The topological polar surface area (TPSA) is 26.3 Å². The minimum atomic E-state index is -0.279. The molecule has 3 heteroatoms. The maximum absolute atomic E-state index is 13.6. The lowest BCUT2D eigenvalue weighted by atomic mass is 9.97. The summed E-state index contributed by atoms with van der Waals surface area (Å²) < 4.78 is 18.7. The number of carbonyl (C=O) groups excluding carboxylic acids is 1. The number of carbonyl (C=O) groups is 1. The summed E-state index contributed by atoms with van der Waals surface area (Å²) in [6, 6.07) is 3.08. The Kier molecular flexibility index (Phi) is 4.05. The SMILES string of the molecule is COc1cc(F)c(C(C)C)cc1CC(C)=O. The number of ketones is 1. The lowest BCUT2D eigenvalue weighted by molar-refractivity contribution is -0.116. The third-order valence-electron chi connectivity index (χ3n) is 2.46. The molecule has 2 nitrogen and oxygen atoms in total. The Morgan fingerprint density at radius 3 is 2.50 bits per heavy atom. The van der Waals surface area contributed by atoms with E-state index in [9.17, 15) is 9.18 Å². The van der Waals surface area contributed by atoms with Crippen LogP contribution in [0, 0.1) is 5.82 Å². The van der Waals surface area contributed by atoms with Crippen LogP contribution in [-0.2, 0) is 11.2 Å². The van der Waals surface area contributed by atoms with E-state index in [1.807, 2.05) is 13.8 Å². The van der Waals surface area contributed by atoms with Gasteiger partial charge < -0.3 is 4.74 Å². The molecule has 0 unspecified atom stereocenters. The van der Waals surface area contributed by atoms with Gasteiger partial charge in [0.25, 0.3) is 0 Å². The number of rotatable bonds is 4. The zero-order valence-corrected chi connectivity index (χ0v) is 10.1. The Morgan fingerprint density at radius 2 is 2.06 bits per heavy atom. The van der Waals surface area contributed by atoms with Crippen LogP contribution in [0.2, 0.25) is 0 Å². The standard InChI is InChI=1S/C13H17FO2/c1-8(2)11-6-10(5-9(3)15)13(16-4)7-12(11)14/h6-8H,5H2,1-4H3. The summed E-state index contributed by atoms with van der Waals surface area (Å²) in [5.41, 5.74) is 1.37. The first-order chi connectivity index (χ1) is 7.45. The molecule has 0 bridgehead atoms. The Bertz CT molecular complexity index is 397. The fourth-order valence-electron chi connectivity index (χ4n) is 1.66. The molecule has 0 fully saturated rings. The molecule has 0 amide bonds. The molecule has 1 aromatic carbocycles. The van der Waals surface area contributed by atoms with Crippen LogP contribution in [0.4, 0.5) is 4.39 Å². The van der Waals surface area contributed by atoms with Crippen LogP contribution in [0.5, 0.6) is 5.75 Å². The van der Waals surface area contributed by atoms with Crippen molar-refractivity contribution in [1.29, 1.82) is 0 Å². The molecule has 0 aliphatic heterocycles. The highest BCUT2D eigenvalue weighted by Crippen LogP contribution is 2.27. The number of benzene rings is 1. The zero-order valence-electron chi connectivity index (χ0n) is 10.1. The molecule has 0 heterocycles. The second-order valence-corrected chi connectivity index (χ2v) is 4.22. The van der Waals surface area contributed by atoms with E-state index in [-0.39, 0.29) is 23.9 Å². The molecule has 0 N–H and O–H groups in total. The average molecular weight is 224 g/mol. The number of halogens is 1. The molecule has 0 saturated heterocycles. The van der Waals surface area contributed by atoms with E-state index in [0.717, 1.165) is 5.56 Å². The molecule has 0 atom stereocenters.